The molecule has 2 amide bonds. The van der Waals surface area contributed by atoms with Gasteiger partial charge in [-0.25, -0.2) is 4.98 Å². The van der Waals surface area contributed by atoms with Gasteiger partial charge in [0, 0.05) is 25.4 Å². The molecule has 0 saturated carbocycles. The molecule has 0 radical (unpaired) electrons. The summed E-state index contributed by atoms with van der Waals surface area (Å²) in [5.41, 5.74) is 4.96. The van der Waals surface area contributed by atoms with Crippen molar-refractivity contribution >= 4 is 23.2 Å². The molecule has 0 spiro atoms. The fraction of sp³-hybridized carbons (Fsp3) is 0.577. The lowest BCUT2D eigenvalue weighted by Gasteiger charge is -2.34. The lowest BCUT2D eigenvalue weighted by molar-refractivity contribution is -0.144. The molecule has 1 fully saturated rings. The third-order valence-electron chi connectivity index (χ3n) is 6.85. The van der Waals surface area contributed by atoms with E-state index in [9.17, 15) is 14.7 Å². The summed E-state index contributed by atoms with van der Waals surface area (Å²) in [7, 11) is 0. The molecule has 3 atom stereocenters. The molecule has 1 aliphatic rings. The van der Waals surface area contributed by atoms with Crippen LogP contribution in [0.2, 0.25) is 0 Å². The number of rotatable bonds is 9. The molecule has 2 heterocycles. The van der Waals surface area contributed by atoms with E-state index in [-0.39, 0.29) is 42.5 Å². The van der Waals surface area contributed by atoms with Crippen molar-refractivity contribution in [3.8, 4) is 10.4 Å². The zero-order chi connectivity index (χ0) is 24.1. The van der Waals surface area contributed by atoms with Crippen LogP contribution in [0.15, 0.2) is 29.8 Å². The number of benzene rings is 1. The predicted molar refractivity (Wildman–Crippen MR) is 133 cm³/mol. The van der Waals surface area contributed by atoms with Gasteiger partial charge in [-0.3, -0.25) is 9.59 Å². The topological polar surface area (TPSA) is 82.5 Å². The number of thiazole rings is 1. The quantitative estimate of drug-likeness (QED) is 0.568. The van der Waals surface area contributed by atoms with Crippen molar-refractivity contribution < 1.29 is 14.7 Å². The van der Waals surface area contributed by atoms with Gasteiger partial charge in [0.05, 0.1) is 22.2 Å². The zero-order valence-electron chi connectivity index (χ0n) is 20.4. The fourth-order valence-electron chi connectivity index (χ4n) is 4.98. The lowest BCUT2D eigenvalue weighted by Crippen LogP contribution is -2.49. The van der Waals surface area contributed by atoms with Crippen molar-refractivity contribution in [3.05, 3.63) is 41.0 Å². The van der Waals surface area contributed by atoms with Gasteiger partial charge in [-0.15, -0.1) is 11.3 Å². The van der Waals surface area contributed by atoms with Gasteiger partial charge in [-0.2, -0.15) is 0 Å². The standard InChI is InChI=1S/C26H37N3O3S/c1-6-19(7-2)23(16(3)4)26(32)29-14-21(30)12-22(29)25(31)27-13-18-8-10-20(11-9-18)24-17(5)28-15-33-24/h8-11,15-16,19,21-23,30H,6-7,12-14H2,1-5H3,(H,27,31)/t21-,22+,23-/m1/s1. The maximum atomic E-state index is 13.5. The molecule has 7 heteroatoms. The molecule has 0 aliphatic carbocycles. The number of amides is 2. The molecule has 180 valence electrons. The van der Waals surface area contributed by atoms with Crippen molar-refractivity contribution in [2.75, 3.05) is 6.54 Å². The Morgan fingerprint density at radius 1 is 1.21 bits per heavy atom. The van der Waals surface area contributed by atoms with Gasteiger partial charge >= 0.3 is 0 Å². The number of carbonyl (C=O) groups is 2. The first-order valence-corrected chi connectivity index (χ1v) is 12.9. The number of likely N-dealkylation sites (tertiary alicyclic amines) is 1. The van der Waals surface area contributed by atoms with Crippen molar-refractivity contribution in [2.45, 2.75) is 72.6 Å². The van der Waals surface area contributed by atoms with Gasteiger partial charge in [0.2, 0.25) is 11.8 Å². The second-order valence-electron chi connectivity index (χ2n) is 9.42. The lowest BCUT2D eigenvalue weighted by atomic mass is 9.79. The van der Waals surface area contributed by atoms with Crippen LogP contribution in [0, 0.1) is 24.7 Å². The molecule has 1 aromatic heterocycles. The van der Waals surface area contributed by atoms with Crippen molar-refractivity contribution in [3.63, 3.8) is 0 Å². The van der Waals surface area contributed by atoms with Crippen LogP contribution in [0.3, 0.4) is 0 Å². The molecule has 33 heavy (non-hydrogen) atoms. The Bertz CT molecular complexity index is 937. The minimum absolute atomic E-state index is 0.000296. The van der Waals surface area contributed by atoms with E-state index in [2.05, 4.69) is 38.0 Å². The van der Waals surface area contributed by atoms with E-state index in [1.165, 1.54) is 0 Å². The van der Waals surface area contributed by atoms with Gasteiger partial charge in [-0.05, 0) is 29.9 Å². The summed E-state index contributed by atoms with van der Waals surface area (Å²) < 4.78 is 0. The Morgan fingerprint density at radius 2 is 1.88 bits per heavy atom. The van der Waals surface area contributed by atoms with Crippen LogP contribution in [-0.2, 0) is 16.1 Å². The maximum Gasteiger partial charge on any atom is 0.243 e. The number of nitrogens with zero attached hydrogens (tertiary/aromatic N) is 2. The third-order valence-corrected chi connectivity index (χ3v) is 7.83. The van der Waals surface area contributed by atoms with Crippen LogP contribution in [0.25, 0.3) is 10.4 Å². The second kappa shape index (κ2) is 11.3. The van der Waals surface area contributed by atoms with Gasteiger partial charge in [-0.1, -0.05) is 64.8 Å². The molecule has 2 N–H and O–H groups in total. The number of hydrogen-bond acceptors (Lipinski definition) is 5. The second-order valence-corrected chi connectivity index (χ2v) is 10.3. The van der Waals surface area contributed by atoms with Crippen molar-refractivity contribution in [1.82, 2.24) is 15.2 Å². The van der Waals surface area contributed by atoms with E-state index >= 15 is 0 Å². The molecule has 2 aromatic rings. The Hall–Kier alpha value is -2.25. The summed E-state index contributed by atoms with van der Waals surface area (Å²) in [6.45, 7) is 11.0. The average Bonchev–Trinajstić information content (AvgIpc) is 3.40. The molecule has 1 saturated heterocycles. The molecule has 0 unspecified atom stereocenters. The summed E-state index contributed by atoms with van der Waals surface area (Å²) in [5.74, 6) is 0.126. The summed E-state index contributed by atoms with van der Waals surface area (Å²) in [6.07, 6.45) is 1.47. The number of nitrogens with one attached hydrogen (secondary N) is 1. The van der Waals surface area contributed by atoms with E-state index in [1.54, 1.807) is 16.2 Å². The predicted octanol–water partition coefficient (Wildman–Crippen LogP) is 4.40. The van der Waals surface area contributed by atoms with E-state index in [1.807, 2.05) is 36.7 Å². The van der Waals surface area contributed by atoms with Gasteiger partial charge in [0.15, 0.2) is 0 Å². The average molecular weight is 472 g/mol. The number of aliphatic hydroxyl groups excluding tert-OH is 1. The number of hydrogen-bond donors (Lipinski definition) is 2. The van der Waals surface area contributed by atoms with Gasteiger partial charge in [0.25, 0.3) is 0 Å². The van der Waals surface area contributed by atoms with Crippen molar-refractivity contribution in [1.29, 1.82) is 0 Å². The normalized spacial score (nSPS) is 19.3. The maximum absolute atomic E-state index is 13.5. The SMILES string of the molecule is CCC(CC)[C@H](C(=O)N1C[C@H](O)C[C@H]1C(=O)NCc1ccc(-c2scnc2C)cc1)C(C)C. The van der Waals surface area contributed by atoms with E-state index in [0.717, 1.165) is 34.5 Å². The molecule has 1 aromatic carbocycles. The highest BCUT2D eigenvalue weighted by molar-refractivity contribution is 7.13. The number of β-amino-alcohol motifs (C(OH)–C–C–N with tert-alkyl or cyclic N) is 1. The Balaban J connectivity index is 1.66. The summed E-state index contributed by atoms with van der Waals surface area (Å²) in [5, 5.41) is 13.3. The van der Waals surface area contributed by atoms with Gasteiger partial charge in [0.1, 0.15) is 6.04 Å². The Labute approximate surface area is 201 Å². The van der Waals surface area contributed by atoms with E-state index < -0.39 is 12.1 Å². The smallest absolute Gasteiger partial charge is 0.243 e. The van der Waals surface area contributed by atoms with Gasteiger partial charge < -0.3 is 15.3 Å². The summed E-state index contributed by atoms with van der Waals surface area (Å²) in [6, 6.07) is 7.47. The molecule has 1 aliphatic heterocycles. The Kier molecular flexibility index (Phi) is 8.65. The van der Waals surface area contributed by atoms with Crippen LogP contribution in [0.4, 0.5) is 0 Å². The third kappa shape index (κ3) is 5.82. The first-order valence-electron chi connectivity index (χ1n) is 12.0. The molecule has 0 bridgehead atoms. The number of aromatic nitrogens is 1. The van der Waals surface area contributed by atoms with Crippen LogP contribution in [0.5, 0.6) is 0 Å². The molecule has 3 rings (SSSR count). The minimum Gasteiger partial charge on any atom is -0.391 e. The van der Waals surface area contributed by atoms with Crippen molar-refractivity contribution in [2.24, 2.45) is 17.8 Å². The van der Waals surface area contributed by atoms with E-state index in [0.29, 0.717) is 6.54 Å². The Morgan fingerprint density at radius 3 is 2.42 bits per heavy atom. The highest BCUT2D eigenvalue weighted by atomic mass is 32.1. The van der Waals surface area contributed by atoms with Crippen LogP contribution < -0.4 is 5.32 Å². The molecular formula is C26H37N3O3S. The summed E-state index contributed by atoms with van der Waals surface area (Å²) >= 11 is 1.61. The minimum atomic E-state index is -0.666. The highest BCUT2D eigenvalue weighted by Gasteiger charge is 2.43. The summed E-state index contributed by atoms with van der Waals surface area (Å²) in [4.78, 5) is 33.6. The van der Waals surface area contributed by atoms with Crippen LogP contribution in [0.1, 0.15) is 58.2 Å². The monoisotopic (exact) mass is 471 g/mol. The zero-order valence-corrected chi connectivity index (χ0v) is 21.2. The molecule has 6 nitrogen and oxygen atoms in total. The first-order chi connectivity index (χ1) is 15.8. The highest BCUT2D eigenvalue weighted by Crippen LogP contribution is 2.32. The number of aliphatic hydroxyl groups is 1. The molecular weight excluding hydrogens is 434 g/mol. The van der Waals surface area contributed by atoms with Crippen LogP contribution >= 0.6 is 11.3 Å². The first kappa shape index (κ1) is 25.4. The fourth-order valence-corrected chi connectivity index (χ4v) is 5.80. The number of carbonyl (C=O) groups excluding carboxylic acids is 2. The van der Waals surface area contributed by atoms with Crippen LogP contribution in [-0.4, -0.2) is 45.5 Å². The number of aryl methyl sites for hydroxylation is 1. The van der Waals surface area contributed by atoms with E-state index in [4.69, 9.17) is 0 Å². The largest absolute Gasteiger partial charge is 0.391 e.